The van der Waals surface area contributed by atoms with Gasteiger partial charge in [-0.1, -0.05) is 109 Å². The normalized spacial score (nSPS) is 15.2. The predicted molar refractivity (Wildman–Crippen MR) is 123 cm³/mol. The summed E-state index contributed by atoms with van der Waals surface area (Å²) in [5.74, 6) is 0. The Morgan fingerprint density at radius 3 is 1.61 bits per heavy atom. The summed E-state index contributed by atoms with van der Waals surface area (Å²) in [4.78, 5) is 0. The van der Waals surface area contributed by atoms with Crippen molar-refractivity contribution < 1.29 is 13.3 Å². The molecule has 1 aliphatic rings. The molecular weight excluding hydrogens is 364 g/mol. The lowest BCUT2D eigenvalue weighted by atomic mass is 10.0. The van der Waals surface area contributed by atoms with Gasteiger partial charge in [0, 0.05) is 21.3 Å². The second kappa shape index (κ2) is 16.4. The summed E-state index contributed by atoms with van der Waals surface area (Å²) in [5.41, 5.74) is 1.61. The van der Waals surface area contributed by atoms with Gasteiger partial charge in [0.15, 0.2) is 0 Å². The number of hydrogen-bond acceptors (Lipinski definition) is 3. The molecule has 0 saturated carbocycles. The van der Waals surface area contributed by atoms with E-state index in [9.17, 15) is 0 Å². The minimum atomic E-state index is -2.63. The van der Waals surface area contributed by atoms with Gasteiger partial charge in [0.1, 0.15) is 0 Å². The Kier molecular flexibility index (Phi) is 15.0. The molecule has 1 unspecified atom stereocenters. The van der Waals surface area contributed by atoms with Crippen LogP contribution in [-0.4, -0.2) is 30.1 Å². The molecule has 1 atom stereocenters. The molecule has 0 fully saturated rings. The SMILES string of the molecule is CCCCCCCCCCCCCCCC(C1=CCC=C1)[Si](OC)(OC)OC. The zero-order valence-corrected chi connectivity index (χ0v) is 20.1. The van der Waals surface area contributed by atoms with Crippen LogP contribution in [0.4, 0.5) is 0 Å². The van der Waals surface area contributed by atoms with E-state index >= 15 is 0 Å². The molecular formula is C24H46O3Si. The molecule has 164 valence electrons. The highest BCUT2D eigenvalue weighted by Crippen LogP contribution is 2.38. The van der Waals surface area contributed by atoms with E-state index in [0.717, 1.165) is 12.8 Å². The van der Waals surface area contributed by atoms with E-state index < -0.39 is 8.80 Å². The van der Waals surface area contributed by atoms with Crippen molar-refractivity contribution >= 4 is 8.80 Å². The van der Waals surface area contributed by atoms with E-state index in [-0.39, 0.29) is 5.54 Å². The first kappa shape index (κ1) is 25.6. The minimum absolute atomic E-state index is 0.263. The first-order valence-electron chi connectivity index (χ1n) is 11.8. The monoisotopic (exact) mass is 410 g/mol. The molecule has 4 heteroatoms. The third kappa shape index (κ3) is 9.38. The Morgan fingerprint density at radius 2 is 1.21 bits per heavy atom. The molecule has 0 N–H and O–H groups in total. The second-order valence-electron chi connectivity index (χ2n) is 8.14. The molecule has 0 aliphatic heterocycles. The van der Waals surface area contributed by atoms with E-state index in [0.29, 0.717) is 0 Å². The van der Waals surface area contributed by atoms with E-state index in [1.165, 1.54) is 89.0 Å². The summed E-state index contributed by atoms with van der Waals surface area (Å²) >= 11 is 0. The van der Waals surface area contributed by atoms with Crippen molar-refractivity contribution in [2.45, 2.75) is 109 Å². The van der Waals surface area contributed by atoms with Crippen molar-refractivity contribution in [1.29, 1.82) is 0 Å². The molecule has 28 heavy (non-hydrogen) atoms. The van der Waals surface area contributed by atoms with Crippen molar-refractivity contribution in [2.75, 3.05) is 21.3 Å². The van der Waals surface area contributed by atoms with Crippen LogP contribution in [0.2, 0.25) is 5.54 Å². The Bertz CT molecular complexity index is 421. The first-order chi connectivity index (χ1) is 13.7. The smallest absolute Gasteiger partial charge is 0.376 e. The first-order valence-corrected chi connectivity index (χ1v) is 13.6. The van der Waals surface area contributed by atoms with E-state index in [2.05, 4.69) is 25.2 Å². The summed E-state index contributed by atoms with van der Waals surface area (Å²) in [6, 6.07) is 0. The molecule has 3 nitrogen and oxygen atoms in total. The number of allylic oxidation sites excluding steroid dienone is 4. The highest BCUT2D eigenvalue weighted by atomic mass is 28.4. The van der Waals surface area contributed by atoms with Gasteiger partial charge in [-0.25, -0.2) is 0 Å². The van der Waals surface area contributed by atoms with Gasteiger partial charge in [-0.05, 0) is 18.4 Å². The van der Waals surface area contributed by atoms with Crippen LogP contribution >= 0.6 is 0 Å². The van der Waals surface area contributed by atoms with E-state index in [1.807, 2.05) is 0 Å². The van der Waals surface area contributed by atoms with Crippen molar-refractivity contribution in [2.24, 2.45) is 0 Å². The Balaban J connectivity index is 2.16. The molecule has 0 amide bonds. The average molecular weight is 411 g/mol. The Morgan fingerprint density at radius 1 is 0.750 bits per heavy atom. The fourth-order valence-electron chi connectivity index (χ4n) is 4.33. The number of unbranched alkanes of at least 4 members (excludes halogenated alkanes) is 12. The summed E-state index contributed by atoms with van der Waals surface area (Å²) in [6.45, 7) is 2.29. The Labute approximate surface area is 176 Å². The summed E-state index contributed by atoms with van der Waals surface area (Å²) in [7, 11) is 2.56. The lowest BCUT2D eigenvalue weighted by molar-refractivity contribution is 0.114. The molecule has 0 bridgehead atoms. The topological polar surface area (TPSA) is 27.7 Å². The minimum Gasteiger partial charge on any atom is -0.376 e. The molecule has 0 spiro atoms. The van der Waals surface area contributed by atoms with Gasteiger partial charge in [-0.3, -0.25) is 0 Å². The fraction of sp³-hybridized carbons (Fsp3) is 0.833. The largest absolute Gasteiger partial charge is 0.508 e. The molecule has 0 radical (unpaired) electrons. The number of rotatable bonds is 19. The maximum Gasteiger partial charge on any atom is 0.508 e. The van der Waals surface area contributed by atoms with Crippen LogP contribution < -0.4 is 0 Å². The van der Waals surface area contributed by atoms with Gasteiger partial charge in [0.25, 0.3) is 0 Å². The van der Waals surface area contributed by atoms with Crippen LogP contribution in [0.1, 0.15) is 103 Å². The lowest BCUT2D eigenvalue weighted by Crippen LogP contribution is -2.48. The highest BCUT2D eigenvalue weighted by molar-refractivity contribution is 6.63. The van der Waals surface area contributed by atoms with E-state index in [4.69, 9.17) is 13.3 Å². The van der Waals surface area contributed by atoms with Crippen LogP contribution in [0.25, 0.3) is 0 Å². The Hall–Kier alpha value is -0.423. The van der Waals surface area contributed by atoms with Gasteiger partial charge < -0.3 is 13.3 Å². The van der Waals surface area contributed by atoms with E-state index in [1.54, 1.807) is 21.3 Å². The zero-order valence-electron chi connectivity index (χ0n) is 19.1. The van der Waals surface area contributed by atoms with Crippen LogP contribution in [-0.2, 0) is 13.3 Å². The van der Waals surface area contributed by atoms with Crippen molar-refractivity contribution in [3.05, 3.63) is 23.8 Å². The molecule has 1 rings (SSSR count). The van der Waals surface area contributed by atoms with Crippen LogP contribution in [0.3, 0.4) is 0 Å². The molecule has 0 aromatic carbocycles. The van der Waals surface area contributed by atoms with Gasteiger partial charge in [0.2, 0.25) is 0 Å². The van der Waals surface area contributed by atoms with Crippen molar-refractivity contribution in [1.82, 2.24) is 0 Å². The van der Waals surface area contributed by atoms with Gasteiger partial charge >= 0.3 is 8.80 Å². The zero-order chi connectivity index (χ0) is 20.5. The number of hydrogen-bond donors (Lipinski definition) is 0. The fourth-order valence-corrected chi connectivity index (χ4v) is 6.86. The van der Waals surface area contributed by atoms with Crippen LogP contribution in [0.15, 0.2) is 23.8 Å². The molecule has 0 aromatic rings. The van der Waals surface area contributed by atoms with Gasteiger partial charge in [-0.2, -0.15) is 0 Å². The lowest BCUT2D eigenvalue weighted by Gasteiger charge is -2.33. The van der Waals surface area contributed by atoms with Crippen LogP contribution in [0, 0.1) is 0 Å². The van der Waals surface area contributed by atoms with Crippen molar-refractivity contribution in [3.8, 4) is 0 Å². The van der Waals surface area contributed by atoms with Crippen molar-refractivity contribution in [3.63, 3.8) is 0 Å². The van der Waals surface area contributed by atoms with Crippen LogP contribution in [0.5, 0.6) is 0 Å². The summed E-state index contributed by atoms with van der Waals surface area (Å²) in [5, 5.41) is 0. The summed E-state index contributed by atoms with van der Waals surface area (Å²) < 4.78 is 17.4. The third-order valence-corrected chi connectivity index (χ3v) is 9.26. The highest BCUT2D eigenvalue weighted by Gasteiger charge is 2.48. The maximum atomic E-state index is 5.79. The summed E-state index contributed by atoms with van der Waals surface area (Å²) in [6.07, 6.45) is 26.9. The average Bonchev–Trinajstić information content (AvgIpc) is 3.25. The molecule has 1 aliphatic carbocycles. The maximum absolute atomic E-state index is 5.79. The standard InChI is InChI=1S/C24H46O3Si/c1-5-6-7-8-9-10-11-12-13-14-15-16-17-22-24(23-20-18-19-21-23)28(25-2,26-3)27-4/h18,20-21,24H,5-17,19,22H2,1-4H3. The molecule has 0 saturated heterocycles. The quantitative estimate of drug-likeness (QED) is 0.162. The molecule has 0 aromatic heterocycles. The predicted octanol–water partition coefficient (Wildman–Crippen LogP) is 7.60. The van der Waals surface area contributed by atoms with Gasteiger partial charge in [0.05, 0.1) is 5.54 Å². The second-order valence-corrected chi connectivity index (χ2v) is 11.3. The molecule has 0 heterocycles. The van der Waals surface area contributed by atoms with Gasteiger partial charge in [-0.15, -0.1) is 0 Å². The third-order valence-electron chi connectivity index (χ3n) is 6.08.